The summed E-state index contributed by atoms with van der Waals surface area (Å²) < 4.78 is 42.5. The zero-order valence-corrected chi connectivity index (χ0v) is 91.6. The number of nitrogens with one attached hydrogen (secondary N) is 1. The third-order valence-electron chi connectivity index (χ3n) is 46.9. The van der Waals surface area contributed by atoms with Crippen LogP contribution < -0.4 is 17.2 Å². The van der Waals surface area contributed by atoms with Gasteiger partial charge in [-0.05, 0) is 295 Å². The van der Waals surface area contributed by atoms with E-state index in [1.807, 2.05) is 4.68 Å². The van der Waals surface area contributed by atoms with E-state index >= 15 is 0 Å². The number of ether oxygens (including phenoxy) is 6. The van der Waals surface area contributed by atoms with E-state index in [2.05, 4.69) is 284 Å². The zero-order chi connectivity index (χ0) is 102. The number of allylic oxidation sites excluding steroid dienone is 3. The minimum Gasteiger partial charge on any atom is -0.481 e. The van der Waals surface area contributed by atoms with Crippen molar-refractivity contribution in [3.63, 3.8) is 0 Å². The van der Waals surface area contributed by atoms with Crippen LogP contribution in [0.1, 0.15) is 342 Å². The molecule has 3 aromatic rings. The third kappa shape index (κ3) is 16.5. The number of aromatic amines is 1. The second-order valence-corrected chi connectivity index (χ2v) is 55.0. The van der Waals surface area contributed by atoms with Gasteiger partial charge in [0.15, 0.2) is 12.7 Å². The van der Waals surface area contributed by atoms with E-state index < -0.39 is 40.8 Å². The summed E-state index contributed by atoms with van der Waals surface area (Å²) in [6, 6.07) is -0.165. The fourth-order valence-corrected chi connectivity index (χ4v) is 35.7. The lowest BCUT2D eigenvalue weighted by atomic mass is 9.34. The van der Waals surface area contributed by atoms with Crippen molar-refractivity contribution in [2.45, 2.75) is 377 Å². The van der Waals surface area contributed by atoms with E-state index in [1.165, 1.54) is 30.2 Å². The summed E-state index contributed by atoms with van der Waals surface area (Å²) in [6.45, 7) is 76.0. The van der Waals surface area contributed by atoms with Crippen molar-refractivity contribution in [1.82, 2.24) is 61.0 Å². The largest absolute Gasteiger partial charge is 0.481 e. The Kier molecular flexibility index (Phi) is 29.0. The normalized spacial score (nSPS) is 45.3. The Labute approximate surface area is 833 Å². The number of fused-ring (bicyclic) bond motifs is 9. The number of carboxylic acid groups (broad SMARTS) is 3. The van der Waals surface area contributed by atoms with E-state index in [0.29, 0.717) is 129 Å². The third-order valence-corrected chi connectivity index (χ3v) is 46.9. The molecule has 27 heteroatoms. The standard InChI is InChI=1S/2C37H61N5O4.C37H63NO4.CH2N4/c1-22(2)24(5)32(6)15-16-34(8)25-11-12-28-33(7)18-45-20-37(28,26(25)13-14-35(34,9)29(32)31(43)44)17-27(42-21-39-40-41-42)30(33)46-19-36(10,38)23(3)4;1-22(2)24(5)32(6)15-16-34(8)25-11-12-28-33(7)18-45-20-37(28,26(25)13-14-35(34,9)29(32)31(43)44)17-27(42-40-21-39-41-42)30(33)46-19-36(10,38)23(3)4;1-22(2)25(6)32(7)16-17-34(9)26-12-13-28-33(8)19-41-21-37(28,27(26)14-15-35(34,10)29(32)31(39)40)18-24(5)30(33)42-20-36(11,38)23(3)4;1-2-4-5-3-1/h2*13,21-25,27-30H,11-12,14-20,38H2,1-10H3,(H,43,44);14,22-26,28-30H,12-13,15-21,38H2,1-11H3,(H,39,40);1H,(H,2,3,4,5)/t2*24-,25+,27-,28+,29-,30+,32-,33+,34-,35+,36?,37+;24-,25-,26+,28+,29-,30+,32-,33+,34-,35+,36?,37+;/m111./s1. The van der Waals surface area contributed by atoms with Gasteiger partial charge in [-0.2, -0.15) is 10.0 Å². The number of hydrogen-bond acceptors (Lipinski definition) is 21. The topological polar surface area (TPSA) is 387 Å². The van der Waals surface area contributed by atoms with Crippen LogP contribution in [-0.2, 0) is 42.8 Å². The lowest BCUT2D eigenvalue weighted by molar-refractivity contribution is -0.253. The first-order valence-corrected chi connectivity index (χ1v) is 54.5. The molecule has 6 bridgehead atoms. The van der Waals surface area contributed by atoms with Gasteiger partial charge in [0, 0.05) is 49.1 Å². The molecule has 782 valence electrons. The molecule has 10 N–H and O–H groups in total. The maximum absolute atomic E-state index is 13.4. The fraction of sp³-hybridized carbons (Fsp3) is 0.893. The summed E-state index contributed by atoms with van der Waals surface area (Å²) in [7, 11) is 0. The molecule has 3 aromatic heterocycles. The molecule has 6 heterocycles. The summed E-state index contributed by atoms with van der Waals surface area (Å²) in [5.74, 6) is 2.94. The molecule has 3 unspecified atom stereocenters. The van der Waals surface area contributed by atoms with Crippen molar-refractivity contribution in [3.8, 4) is 0 Å². The van der Waals surface area contributed by atoms with E-state index in [4.69, 9.17) is 45.6 Å². The first kappa shape index (κ1) is 108. The van der Waals surface area contributed by atoms with Crippen molar-refractivity contribution in [3.05, 3.63) is 53.9 Å². The Hall–Kier alpha value is -5.52. The molecule has 9 saturated carbocycles. The zero-order valence-electron chi connectivity index (χ0n) is 91.6. The second-order valence-electron chi connectivity index (χ2n) is 55.0. The second kappa shape index (κ2) is 37.4. The van der Waals surface area contributed by atoms with E-state index in [1.54, 1.807) is 16.7 Å². The van der Waals surface area contributed by atoms with Gasteiger partial charge in [0.1, 0.15) is 12.4 Å². The quantitative estimate of drug-likeness (QED) is 0.0434. The number of aromatic nitrogens is 12. The monoisotopic (exact) mass is 1930 g/mol. The minimum absolute atomic E-state index is 0.0221. The van der Waals surface area contributed by atoms with Crippen molar-refractivity contribution < 1.29 is 58.1 Å². The van der Waals surface area contributed by atoms with E-state index in [0.717, 1.165) is 122 Å². The molecule has 15 aliphatic rings. The average Bonchev–Trinajstić information content (AvgIpc) is 1.14. The molecule has 12 aliphatic carbocycles. The van der Waals surface area contributed by atoms with Crippen LogP contribution in [0.3, 0.4) is 0 Å². The number of nitrogens with zero attached hydrogens (tertiary/aromatic N) is 11. The SMILES string of the molecule is CC(C)[C@@H](C)[C@@]1(C)CC[C@]2(C)[C@H]3CC[C@@H]4[C@@]5(COC[C@]4(C)[C@@H](OCC(C)(N)C(C)C)[C@H](C)C5)C3=CC[C@@]2(C)[C@@H]1C(=O)O.CC(C)[C@@H](C)[C@@]1(C)CC[C@]2(C)[C@H]3CC[C@@H]4[C@@]5(COC[C@]4(C)[C@@H](OCC(C)(N)C(C)C)[C@H](n4cnnn4)C5)C3=CC[C@@]2(C)[C@@H]1C(=O)O.CC(C)[C@@H](C)[C@@]1(C)CC[C@]2(C)[C@H]3CC[C@@H]4[C@@]5(COC[C@]4(C)[C@@H](OCC(C)(N)C(C)C)[C@H](n4ncnn4)C5)C3=CC[C@@]2(C)[C@@H]1C(=O)O.c1nn[nH]n1. The first-order chi connectivity index (χ1) is 64.6. The van der Waals surface area contributed by atoms with Crippen LogP contribution in [0.15, 0.2) is 53.9 Å². The van der Waals surface area contributed by atoms with Gasteiger partial charge in [-0.3, -0.25) is 14.4 Å². The number of hydrogen-bond donors (Lipinski definition) is 7. The van der Waals surface area contributed by atoms with Gasteiger partial charge >= 0.3 is 17.9 Å². The Morgan fingerprint density at radius 2 is 0.777 bits per heavy atom. The van der Waals surface area contributed by atoms with Gasteiger partial charge < -0.3 is 60.9 Å². The van der Waals surface area contributed by atoms with Crippen molar-refractivity contribution in [2.24, 2.45) is 211 Å². The number of rotatable bonds is 23. The summed E-state index contributed by atoms with van der Waals surface area (Å²) in [4.78, 5) is 41.9. The number of tetrazole rings is 3. The van der Waals surface area contributed by atoms with Crippen LogP contribution in [-0.4, -0.2) is 189 Å². The Bertz CT molecular complexity index is 4720. The van der Waals surface area contributed by atoms with Crippen LogP contribution >= 0.6 is 0 Å². The smallest absolute Gasteiger partial charge is 0.307 e. The molecule has 3 aliphatic heterocycles. The number of H-pyrrole nitrogens is 1. The maximum Gasteiger partial charge on any atom is 0.307 e. The van der Waals surface area contributed by atoms with Crippen LogP contribution in [0, 0.1) is 194 Å². The van der Waals surface area contributed by atoms with Crippen LogP contribution in [0.5, 0.6) is 0 Å². The highest BCUT2D eigenvalue weighted by molar-refractivity contribution is 5.75. The predicted octanol–water partition coefficient (Wildman–Crippen LogP) is 20.3. The Morgan fingerprint density at radius 1 is 0.439 bits per heavy atom. The molecular weight excluding hydrogens is 1750 g/mol. The van der Waals surface area contributed by atoms with Gasteiger partial charge in [-0.15, -0.1) is 25.5 Å². The Balaban J connectivity index is 0.000000154. The van der Waals surface area contributed by atoms with Gasteiger partial charge in [-0.25, -0.2) is 4.68 Å². The highest BCUT2D eigenvalue weighted by atomic mass is 16.5. The van der Waals surface area contributed by atoms with Crippen molar-refractivity contribution >= 4 is 17.9 Å². The van der Waals surface area contributed by atoms with Gasteiger partial charge in [-0.1, -0.05) is 234 Å². The molecule has 0 spiro atoms. The molecule has 12 fully saturated rings. The molecule has 0 aromatic carbocycles. The predicted molar refractivity (Wildman–Crippen MR) is 539 cm³/mol. The molecule has 36 atom stereocenters. The summed E-state index contributed by atoms with van der Waals surface area (Å²) in [5.41, 5.74) is 20.6. The summed E-state index contributed by atoms with van der Waals surface area (Å²) >= 11 is 0. The van der Waals surface area contributed by atoms with Crippen LogP contribution in [0.25, 0.3) is 0 Å². The summed E-state index contributed by atoms with van der Waals surface area (Å²) in [5, 5.41) is 70.8. The Morgan fingerprint density at radius 3 is 1.07 bits per heavy atom. The molecule has 18 rings (SSSR count). The van der Waals surface area contributed by atoms with Crippen molar-refractivity contribution in [1.29, 1.82) is 0 Å². The summed E-state index contributed by atoms with van der Waals surface area (Å²) in [6.07, 6.45) is 29.8. The number of carbonyl (C=O) groups is 3. The fourth-order valence-electron chi connectivity index (χ4n) is 35.7. The molecule has 27 nitrogen and oxygen atoms in total. The van der Waals surface area contributed by atoms with Crippen LogP contribution in [0.2, 0.25) is 0 Å². The van der Waals surface area contributed by atoms with Crippen LogP contribution in [0.4, 0.5) is 0 Å². The maximum atomic E-state index is 13.4. The van der Waals surface area contributed by atoms with E-state index in [-0.39, 0.29) is 135 Å². The first-order valence-electron chi connectivity index (χ1n) is 54.5. The minimum atomic E-state index is -0.621. The highest BCUT2D eigenvalue weighted by Crippen LogP contribution is 2.81. The molecular formula is C112H187N15O12. The molecule has 0 amide bonds. The van der Waals surface area contributed by atoms with Gasteiger partial charge in [0.25, 0.3) is 0 Å². The molecule has 3 saturated heterocycles. The lowest BCUT2D eigenvalue weighted by Gasteiger charge is -2.71. The number of carboxylic acids is 3. The number of aliphatic carboxylic acids is 3. The van der Waals surface area contributed by atoms with Crippen molar-refractivity contribution in [2.75, 3.05) is 59.5 Å². The highest BCUT2D eigenvalue weighted by Gasteiger charge is 2.77. The molecule has 139 heavy (non-hydrogen) atoms. The lowest BCUT2D eigenvalue weighted by Crippen LogP contribution is -2.69. The molecule has 0 radical (unpaired) electrons. The van der Waals surface area contributed by atoms with Gasteiger partial charge in [0.05, 0.1) is 102 Å². The van der Waals surface area contributed by atoms with E-state index in [9.17, 15) is 29.7 Å². The average molecular weight is 1940 g/mol. The number of nitrogens with two attached hydrogens (primary N) is 3. The van der Waals surface area contributed by atoms with Gasteiger partial charge in [0.2, 0.25) is 0 Å².